The first kappa shape index (κ1) is 21.8. The molecule has 0 saturated carbocycles. The molecule has 2 amide bonds. The van der Waals surface area contributed by atoms with Gasteiger partial charge in [-0.1, -0.05) is 30.3 Å². The lowest BCUT2D eigenvalue weighted by atomic mass is 10.2. The molecule has 0 atom stereocenters. The molecule has 0 spiro atoms. The number of anilines is 2. The van der Waals surface area contributed by atoms with Gasteiger partial charge in [-0.15, -0.1) is 0 Å². The van der Waals surface area contributed by atoms with E-state index in [1.165, 1.54) is 6.92 Å². The average Bonchev–Trinajstić information content (AvgIpc) is 3.31. The Bertz CT molecular complexity index is 1000. The van der Waals surface area contributed by atoms with Crippen molar-refractivity contribution in [3.8, 4) is 11.4 Å². The van der Waals surface area contributed by atoms with Gasteiger partial charge >= 0.3 is 0 Å². The van der Waals surface area contributed by atoms with E-state index in [9.17, 15) is 9.59 Å². The lowest BCUT2D eigenvalue weighted by Crippen LogP contribution is -2.29. The van der Waals surface area contributed by atoms with Crippen LogP contribution in [0.3, 0.4) is 0 Å². The fourth-order valence-electron chi connectivity index (χ4n) is 2.92. The minimum absolute atomic E-state index is 0.0741. The SMILES string of the molecule is CC(=O)NCCNc1nc(-c2ccccc2)nc(NCCNC(=O)c2ccc[nH]2)c1C. The normalized spacial score (nSPS) is 10.4. The molecule has 0 aliphatic heterocycles. The highest BCUT2D eigenvalue weighted by atomic mass is 16.2. The van der Waals surface area contributed by atoms with E-state index in [0.717, 1.165) is 11.1 Å². The van der Waals surface area contributed by atoms with E-state index in [-0.39, 0.29) is 11.8 Å². The van der Waals surface area contributed by atoms with Crippen LogP contribution < -0.4 is 21.3 Å². The summed E-state index contributed by atoms with van der Waals surface area (Å²) in [6.45, 7) is 5.39. The summed E-state index contributed by atoms with van der Waals surface area (Å²) >= 11 is 0. The zero-order valence-corrected chi connectivity index (χ0v) is 17.7. The van der Waals surface area contributed by atoms with E-state index >= 15 is 0 Å². The third-order valence-electron chi connectivity index (χ3n) is 4.51. The Morgan fingerprint density at radius 1 is 0.871 bits per heavy atom. The van der Waals surface area contributed by atoms with Crippen molar-refractivity contribution in [2.24, 2.45) is 0 Å². The molecule has 0 bridgehead atoms. The Morgan fingerprint density at radius 3 is 2.10 bits per heavy atom. The maximum Gasteiger partial charge on any atom is 0.267 e. The van der Waals surface area contributed by atoms with E-state index < -0.39 is 0 Å². The molecular weight excluding hydrogens is 394 g/mol. The standard InChI is InChI=1S/C22H27N7O2/c1-15-19(25-12-11-23-16(2)30)28-21(17-7-4-3-5-8-17)29-20(15)26-13-14-27-22(31)18-9-6-10-24-18/h3-10,24H,11-14H2,1-2H3,(H,23,30)(H,27,31)(H2,25,26,28,29). The van der Waals surface area contributed by atoms with Gasteiger partial charge in [-0.3, -0.25) is 9.59 Å². The molecule has 0 aliphatic carbocycles. The molecule has 0 radical (unpaired) electrons. The van der Waals surface area contributed by atoms with Gasteiger partial charge in [0.05, 0.1) is 0 Å². The van der Waals surface area contributed by atoms with Gasteiger partial charge in [-0.2, -0.15) is 0 Å². The fraction of sp³-hybridized carbons (Fsp3) is 0.273. The van der Waals surface area contributed by atoms with Crippen LogP contribution in [0.15, 0.2) is 48.7 Å². The average molecular weight is 422 g/mol. The predicted octanol–water partition coefficient (Wildman–Crippen LogP) is 2.17. The molecule has 31 heavy (non-hydrogen) atoms. The number of benzene rings is 1. The van der Waals surface area contributed by atoms with Crippen LogP contribution in [0.25, 0.3) is 11.4 Å². The number of nitrogens with zero attached hydrogens (tertiary/aromatic N) is 2. The van der Waals surface area contributed by atoms with Gasteiger partial charge in [-0.05, 0) is 19.1 Å². The number of rotatable bonds is 10. The van der Waals surface area contributed by atoms with Crippen LogP contribution in [-0.2, 0) is 4.79 Å². The van der Waals surface area contributed by atoms with Gasteiger partial charge in [0.1, 0.15) is 17.3 Å². The minimum Gasteiger partial charge on any atom is -0.368 e. The summed E-state index contributed by atoms with van der Waals surface area (Å²) in [6.07, 6.45) is 1.71. The number of nitrogens with one attached hydrogen (secondary N) is 5. The van der Waals surface area contributed by atoms with Gasteiger partial charge < -0.3 is 26.3 Å². The molecule has 0 fully saturated rings. The first-order valence-electron chi connectivity index (χ1n) is 10.1. The molecule has 2 heterocycles. The zero-order chi connectivity index (χ0) is 22.1. The maximum absolute atomic E-state index is 12.0. The number of amides is 2. The van der Waals surface area contributed by atoms with Gasteiger partial charge in [0.15, 0.2) is 5.82 Å². The van der Waals surface area contributed by atoms with Gasteiger partial charge in [0, 0.05) is 50.4 Å². The minimum atomic E-state index is -0.156. The van der Waals surface area contributed by atoms with Gasteiger partial charge in [0.2, 0.25) is 5.91 Å². The van der Waals surface area contributed by atoms with Crippen molar-refractivity contribution in [2.45, 2.75) is 13.8 Å². The molecule has 162 valence electrons. The topological polar surface area (TPSA) is 124 Å². The molecule has 0 aliphatic rings. The van der Waals surface area contributed by atoms with E-state index in [0.29, 0.717) is 49.3 Å². The van der Waals surface area contributed by atoms with Crippen molar-refractivity contribution in [2.75, 3.05) is 36.8 Å². The third-order valence-corrected chi connectivity index (χ3v) is 4.51. The maximum atomic E-state index is 12.0. The number of aromatic amines is 1. The lowest BCUT2D eigenvalue weighted by molar-refractivity contribution is -0.118. The molecule has 3 aromatic rings. The molecular formula is C22H27N7O2. The molecule has 1 aromatic carbocycles. The van der Waals surface area contributed by atoms with Crippen molar-refractivity contribution in [3.63, 3.8) is 0 Å². The number of H-pyrrole nitrogens is 1. The smallest absolute Gasteiger partial charge is 0.267 e. The molecule has 3 rings (SSSR count). The Balaban J connectivity index is 1.68. The van der Waals surface area contributed by atoms with E-state index in [1.54, 1.807) is 18.3 Å². The van der Waals surface area contributed by atoms with Crippen molar-refractivity contribution in [1.82, 2.24) is 25.6 Å². The second-order valence-electron chi connectivity index (χ2n) is 6.91. The molecule has 9 nitrogen and oxygen atoms in total. The largest absolute Gasteiger partial charge is 0.368 e. The van der Waals surface area contributed by atoms with Crippen molar-refractivity contribution in [3.05, 3.63) is 59.9 Å². The highest BCUT2D eigenvalue weighted by molar-refractivity contribution is 5.92. The summed E-state index contributed by atoms with van der Waals surface area (Å²) in [5.41, 5.74) is 2.28. The van der Waals surface area contributed by atoms with Crippen molar-refractivity contribution in [1.29, 1.82) is 0 Å². The zero-order valence-electron chi connectivity index (χ0n) is 17.7. The van der Waals surface area contributed by atoms with Crippen molar-refractivity contribution >= 4 is 23.5 Å². The summed E-state index contributed by atoms with van der Waals surface area (Å²) in [4.78, 5) is 35.3. The highest BCUT2D eigenvalue weighted by Crippen LogP contribution is 2.24. The molecule has 0 unspecified atom stereocenters. The lowest BCUT2D eigenvalue weighted by Gasteiger charge is -2.16. The van der Waals surface area contributed by atoms with E-state index in [1.807, 2.05) is 37.3 Å². The van der Waals surface area contributed by atoms with Crippen LogP contribution in [-0.4, -0.2) is 52.9 Å². The predicted molar refractivity (Wildman–Crippen MR) is 121 cm³/mol. The summed E-state index contributed by atoms with van der Waals surface area (Å²) in [5.74, 6) is 1.74. The Hall–Kier alpha value is -3.88. The number of hydrogen-bond donors (Lipinski definition) is 5. The van der Waals surface area contributed by atoms with Crippen LogP contribution in [0.2, 0.25) is 0 Å². The number of hydrogen-bond acceptors (Lipinski definition) is 6. The Morgan fingerprint density at radius 2 is 1.52 bits per heavy atom. The first-order chi connectivity index (χ1) is 15.0. The van der Waals surface area contributed by atoms with Crippen LogP contribution in [0.5, 0.6) is 0 Å². The van der Waals surface area contributed by atoms with E-state index in [4.69, 9.17) is 0 Å². The first-order valence-corrected chi connectivity index (χ1v) is 10.1. The Labute approximate surface area is 181 Å². The summed E-state index contributed by atoms with van der Waals surface area (Å²) in [6, 6.07) is 13.2. The van der Waals surface area contributed by atoms with Crippen molar-refractivity contribution < 1.29 is 9.59 Å². The molecule has 9 heteroatoms. The second-order valence-corrected chi connectivity index (χ2v) is 6.91. The van der Waals surface area contributed by atoms with Gasteiger partial charge in [0.25, 0.3) is 5.91 Å². The highest BCUT2D eigenvalue weighted by Gasteiger charge is 2.12. The van der Waals surface area contributed by atoms with Gasteiger partial charge in [-0.25, -0.2) is 9.97 Å². The van der Waals surface area contributed by atoms with Crippen LogP contribution in [0.1, 0.15) is 23.0 Å². The summed E-state index contributed by atoms with van der Waals surface area (Å²) in [5, 5.41) is 12.2. The molecule has 2 aromatic heterocycles. The fourth-order valence-corrected chi connectivity index (χ4v) is 2.92. The van der Waals surface area contributed by atoms with Crippen LogP contribution >= 0.6 is 0 Å². The second kappa shape index (κ2) is 10.8. The number of aromatic nitrogens is 3. The quantitative estimate of drug-likeness (QED) is 0.320. The molecule has 0 saturated heterocycles. The molecule has 5 N–H and O–H groups in total. The summed E-state index contributed by atoms with van der Waals surface area (Å²) < 4.78 is 0. The monoisotopic (exact) mass is 421 g/mol. The van der Waals surface area contributed by atoms with Crippen LogP contribution in [0, 0.1) is 6.92 Å². The summed E-state index contributed by atoms with van der Waals surface area (Å²) in [7, 11) is 0. The third kappa shape index (κ3) is 6.30. The number of carbonyl (C=O) groups excluding carboxylic acids is 2. The van der Waals surface area contributed by atoms with Crippen LogP contribution in [0.4, 0.5) is 11.6 Å². The number of carbonyl (C=O) groups is 2. The van der Waals surface area contributed by atoms with E-state index in [2.05, 4.69) is 36.2 Å². The Kier molecular flexibility index (Phi) is 7.58.